The van der Waals surface area contributed by atoms with Crippen LogP contribution in [0.2, 0.25) is 0 Å². The summed E-state index contributed by atoms with van der Waals surface area (Å²) in [6, 6.07) is 1.67. The number of nitrogens with two attached hydrogens (primary N) is 1. The Morgan fingerprint density at radius 1 is 1.40 bits per heavy atom. The van der Waals surface area contributed by atoms with Crippen LogP contribution in [0, 0.1) is 0 Å². The maximum Gasteiger partial charge on any atom is 0.218 e. The van der Waals surface area contributed by atoms with Crippen molar-refractivity contribution >= 4 is 5.82 Å². The fourth-order valence-electron chi connectivity index (χ4n) is 1.18. The molecule has 84 valence electrons. The quantitative estimate of drug-likeness (QED) is 0.807. The highest BCUT2D eigenvalue weighted by atomic mass is 16.5. The fraction of sp³-hybridized carbons (Fsp3) is 0.636. The maximum atomic E-state index is 5.68. The van der Waals surface area contributed by atoms with E-state index in [1.54, 1.807) is 6.07 Å². The Hall–Kier alpha value is -1.32. The number of ether oxygens (including phenoxy) is 1. The Morgan fingerprint density at radius 3 is 2.73 bits per heavy atom. The van der Waals surface area contributed by atoms with Gasteiger partial charge in [-0.15, -0.1) is 0 Å². The van der Waals surface area contributed by atoms with Gasteiger partial charge in [-0.05, 0) is 19.8 Å². The molecule has 4 heteroatoms. The summed E-state index contributed by atoms with van der Waals surface area (Å²) in [5.41, 5.74) is 5.68. The minimum Gasteiger partial charge on any atom is -0.475 e. The van der Waals surface area contributed by atoms with Crippen molar-refractivity contribution in [1.82, 2.24) is 9.97 Å². The Labute approximate surface area is 90.9 Å². The third-order valence-electron chi connectivity index (χ3n) is 2.14. The van der Waals surface area contributed by atoms with Crippen LogP contribution >= 0.6 is 0 Å². The van der Waals surface area contributed by atoms with Crippen molar-refractivity contribution in [3.05, 3.63) is 11.9 Å². The summed E-state index contributed by atoms with van der Waals surface area (Å²) in [6.07, 6.45) is 2.95. The molecule has 1 rings (SSSR count). The van der Waals surface area contributed by atoms with Crippen LogP contribution in [-0.4, -0.2) is 16.1 Å². The maximum absolute atomic E-state index is 5.68. The van der Waals surface area contributed by atoms with E-state index in [1.165, 1.54) is 0 Å². The zero-order valence-electron chi connectivity index (χ0n) is 9.66. The number of hydrogen-bond acceptors (Lipinski definition) is 4. The first-order chi connectivity index (χ1) is 7.15. The molecule has 1 unspecified atom stereocenters. The topological polar surface area (TPSA) is 61.0 Å². The van der Waals surface area contributed by atoms with E-state index in [4.69, 9.17) is 10.5 Å². The van der Waals surface area contributed by atoms with Crippen LogP contribution in [0.4, 0.5) is 5.82 Å². The summed E-state index contributed by atoms with van der Waals surface area (Å²) < 4.78 is 5.60. The molecule has 0 bridgehead atoms. The van der Waals surface area contributed by atoms with Gasteiger partial charge in [-0.3, -0.25) is 0 Å². The number of rotatable bonds is 5. The lowest BCUT2D eigenvalue weighted by Gasteiger charge is -2.12. The van der Waals surface area contributed by atoms with Gasteiger partial charge in [0.25, 0.3) is 0 Å². The Morgan fingerprint density at radius 2 is 2.13 bits per heavy atom. The highest BCUT2D eigenvalue weighted by molar-refractivity contribution is 5.32. The standard InChI is InChI=1S/C11H19N3O/c1-4-6-10-13-9(12)7-11(14-10)15-8(3)5-2/h7-8H,4-6H2,1-3H3,(H2,12,13,14). The summed E-state index contributed by atoms with van der Waals surface area (Å²) in [7, 11) is 0. The van der Waals surface area contributed by atoms with Gasteiger partial charge in [0, 0.05) is 12.5 Å². The number of nitrogens with zero attached hydrogens (tertiary/aromatic N) is 2. The smallest absolute Gasteiger partial charge is 0.218 e. The third kappa shape index (κ3) is 3.73. The van der Waals surface area contributed by atoms with Crippen molar-refractivity contribution < 1.29 is 4.74 Å². The lowest BCUT2D eigenvalue weighted by Crippen LogP contribution is -2.12. The van der Waals surface area contributed by atoms with Gasteiger partial charge in [-0.1, -0.05) is 13.8 Å². The predicted molar refractivity (Wildman–Crippen MR) is 60.8 cm³/mol. The van der Waals surface area contributed by atoms with Crippen LogP contribution in [0.15, 0.2) is 6.07 Å². The van der Waals surface area contributed by atoms with Crippen molar-refractivity contribution in [1.29, 1.82) is 0 Å². The van der Waals surface area contributed by atoms with Crippen LogP contribution in [0.5, 0.6) is 5.88 Å². The van der Waals surface area contributed by atoms with E-state index in [2.05, 4.69) is 23.8 Å². The van der Waals surface area contributed by atoms with E-state index in [9.17, 15) is 0 Å². The monoisotopic (exact) mass is 209 g/mol. The number of nitrogen functional groups attached to an aromatic ring is 1. The molecule has 0 aliphatic rings. The summed E-state index contributed by atoms with van der Waals surface area (Å²) in [4.78, 5) is 8.44. The second-order valence-corrected chi connectivity index (χ2v) is 3.63. The van der Waals surface area contributed by atoms with Crippen molar-refractivity contribution in [2.24, 2.45) is 0 Å². The SMILES string of the molecule is CCCc1nc(N)cc(OC(C)CC)n1. The van der Waals surface area contributed by atoms with Gasteiger partial charge < -0.3 is 10.5 Å². The van der Waals surface area contributed by atoms with Gasteiger partial charge in [0.15, 0.2) is 0 Å². The number of anilines is 1. The summed E-state index contributed by atoms with van der Waals surface area (Å²) in [5, 5.41) is 0. The molecular weight excluding hydrogens is 190 g/mol. The van der Waals surface area contributed by atoms with Crippen molar-refractivity contribution in [3.63, 3.8) is 0 Å². The highest BCUT2D eigenvalue weighted by Crippen LogP contribution is 2.14. The predicted octanol–water partition coefficient (Wildman–Crippen LogP) is 2.19. The fourth-order valence-corrected chi connectivity index (χ4v) is 1.18. The molecule has 0 spiro atoms. The first-order valence-electron chi connectivity index (χ1n) is 5.45. The van der Waals surface area contributed by atoms with E-state index >= 15 is 0 Å². The van der Waals surface area contributed by atoms with Crippen molar-refractivity contribution in [3.8, 4) is 5.88 Å². The summed E-state index contributed by atoms with van der Waals surface area (Å²) >= 11 is 0. The van der Waals surface area contributed by atoms with Crippen LogP contribution in [-0.2, 0) is 6.42 Å². The molecule has 15 heavy (non-hydrogen) atoms. The highest BCUT2D eigenvalue weighted by Gasteiger charge is 2.06. The molecule has 1 heterocycles. The number of aryl methyl sites for hydroxylation is 1. The zero-order chi connectivity index (χ0) is 11.3. The minimum absolute atomic E-state index is 0.161. The molecule has 4 nitrogen and oxygen atoms in total. The Bertz CT molecular complexity index is 315. The lowest BCUT2D eigenvalue weighted by molar-refractivity contribution is 0.208. The van der Waals surface area contributed by atoms with Gasteiger partial charge in [0.2, 0.25) is 5.88 Å². The van der Waals surface area contributed by atoms with Crippen molar-refractivity contribution in [2.75, 3.05) is 5.73 Å². The van der Waals surface area contributed by atoms with Crippen LogP contribution < -0.4 is 10.5 Å². The molecule has 0 aliphatic heterocycles. The number of aromatic nitrogens is 2. The second-order valence-electron chi connectivity index (χ2n) is 3.63. The zero-order valence-corrected chi connectivity index (χ0v) is 9.66. The largest absolute Gasteiger partial charge is 0.475 e. The molecule has 0 amide bonds. The van der Waals surface area contributed by atoms with E-state index in [0.29, 0.717) is 11.7 Å². The van der Waals surface area contributed by atoms with Gasteiger partial charge in [-0.2, -0.15) is 4.98 Å². The average Bonchev–Trinajstić information content (AvgIpc) is 2.17. The molecule has 0 fully saturated rings. The van der Waals surface area contributed by atoms with Crippen LogP contribution in [0.1, 0.15) is 39.4 Å². The lowest BCUT2D eigenvalue weighted by atomic mass is 10.3. The average molecular weight is 209 g/mol. The van der Waals surface area contributed by atoms with Crippen LogP contribution in [0.3, 0.4) is 0 Å². The summed E-state index contributed by atoms with van der Waals surface area (Å²) in [6.45, 7) is 6.17. The first-order valence-corrected chi connectivity index (χ1v) is 5.45. The Balaban J connectivity index is 2.78. The summed E-state index contributed by atoms with van der Waals surface area (Å²) in [5.74, 6) is 1.82. The van der Waals surface area contributed by atoms with E-state index in [0.717, 1.165) is 25.1 Å². The minimum atomic E-state index is 0.161. The van der Waals surface area contributed by atoms with Crippen LogP contribution in [0.25, 0.3) is 0 Å². The molecule has 1 atom stereocenters. The van der Waals surface area contributed by atoms with E-state index < -0.39 is 0 Å². The molecule has 0 radical (unpaired) electrons. The number of hydrogen-bond donors (Lipinski definition) is 1. The molecule has 1 aromatic rings. The molecule has 0 saturated heterocycles. The van der Waals surface area contributed by atoms with E-state index in [1.807, 2.05) is 6.92 Å². The molecular formula is C11H19N3O. The Kier molecular flexibility index (Phi) is 4.34. The second kappa shape index (κ2) is 5.53. The van der Waals surface area contributed by atoms with Gasteiger partial charge in [-0.25, -0.2) is 4.98 Å². The molecule has 2 N–H and O–H groups in total. The van der Waals surface area contributed by atoms with Gasteiger partial charge in [0.1, 0.15) is 11.6 Å². The van der Waals surface area contributed by atoms with E-state index in [-0.39, 0.29) is 6.10 Å². The molecule has 1 aromatic heterocycles. The molecule has 0 saturated carbocycles. The van der Waals surface area contributed by atoms with Gasteiger partial charge in [0.05, 0.1) is 6.10 Å². The molecule has 0 aliphatic carbocycles. The first kappa shape index (κ1) is 11.8. The third-order valence-corrected chi connectivity index (χ3v) is 2.14. The normalized spacial score (nSPS) is 12.5. The van der Waals surface area contributed by atoms with Crippen molar-refractivity contribution in [2.45, 2.75) is 46.1 Å². The van der Waals surface area contributed by atoms with Gasteiger partial charge >= 0.3 is 0 Å². The molecule has 0 aromatic carbocycles.